The highest BCUT2D eigenvalue weighted by Crippen LogP contribution is 2.35. The number of H-pyrrole nitrogens is 1. The lowest BCUT2D eigenvalue weighted by atomic mass is 9.89. The number of benzene rings is 3. The number of piperidine rings is 3. The highest BCUT2D eigenvalue weighted by Gasteiger charge is 2.42. The number of aromatic nitrogens is 4. The van der Waals surface area contributed by atoms with Gasteiger partial charge in [0, 0.05) is 61.6 Å². The minimum absolute atomic E-state index is 0.107. The van der Waals surface area contributed by atoms with Gasteiger partial charge in [-0.15, -0.1) is 0 Å². The fourth-order valence-electron chi connectivity index (χ4n) is 9.40. The molecule has 5 heterocycles. The number of anilines is 2. The van der Waals surface area contributed by atoms with Gasteiger partial charge in [-0.2, -0.15) is 9.29 Å². The van der Waals surface area contributed by atoms with E-state index in [0.29, 0.717) is 72.3 Å². The molecule has 2 aromatic heterocycles. The minimum atomic E-state index is -3.80. The Hall–Kier alpha value is -7.00. The van der Waals surface area contributed by atoms with E-state index in [9.17, 15) is 42.3 Å². The Morgan fingerprint density at radius 1 is 0.909 bits per heavy atom. The van der Waals surface area contributed by atoms with Gasteiger partial charge in [0.1, 0.15) is 11.9 Å². The van der Waals surface area contributed by atoms with Gasteiger partial charge in [-0.05, 0) is 99.4 Å². The lowest BCUT2D eigenvalue weighted by molar-refractivity contribution is -0.139. The number of amides is 4. The summed E-state index contributed by atoms with van der Waals surface area (Å²) in [6.07, 6.45) is 2.76. The second kappa shape index (κ2) is 18.1. The number of aromatic amines is 1. The average Bonchev–Trinajstić information content (AvgIpc) is 3.81. The highest BCUT2D eigenvalue weighted by atomic mass is 32.2. The number of aliphatic carboxylic acids is 1. The molecule has 2 atom stereocenters. The number of nitrogens with zero attached hydrogens (tertiary/aromatic N) is 5. The molecule has 4 amide bonds. The number of likely N-dealkylation sites (tertiary alicyclic amines) is 1. The average molecular weight is 926 g/mol. The molecule has 0 aliphatic carbocycles. The molecule has 20 nitrogen and oxygen atoms in total. The number of fused-ring (bicyclic) bond motifs is 1. The van der Waals surface area contributed by atoms with E-state index in [1.54, 1.807) is 54.4 Å². The van der Waals surface area contributed by atoms with Gasteiger partial charge in [0.05, 0.1) is 16.8 Å². The first kappa shape index (κ1) is 45.6. The Labute approximate surface area is 379 Å². The largest absolute Gasteiger partial charge is 0.479 e. The van der Waals surface area contributed by atoms with Crippen LogP contribution in [0.3, 0.4) is 0 Å². The van der Waals surface area contributed by atoms with Crippen LogP contribution in [0.5, 0.6) is 5.88 Å². The number of nitrogens with one attached hydrogen (secondary N) is 4. The lowest BCUT2D eigenvalue weighted by Gasteiger charge is -2.45. The number of imide groups is 1. The van der Waals surface area contributed by atoms with Gasteiger partial charge in [-0.25, -0.2) is 27.6 Å². The van der Waals surface area contributed by atoms with Gasteiger partial charge >= 0.3 is 23.7 Å². The quantitative estimate of drug-likeness (QED) is 0.0892. The number of carboxylic acid groups (broad SMARTS) is 2. The van der Waals surface area contributed by atoms with E-state index < -0.39 is 46.1 Å². The minimum Gasteiger partial charge on any atom is -0.479 e. The van der Waals surface area contributed by atoms with Crippen LogP contribution in [0.25, 0.3) is 22.4 Å². The third-order valence-electron chi connectivity index (χ3n) is 12.6. The van der Waals surface area contributed by atoms with Crippen LogP contribution in [0.2, 0.25) is 0 Å². The molecular formula is C45H51N9O11S. The summed E-state index contributed by atoms with van der Waals surface area (Å²) < 4.78 is 37.6. The number of rotatable bonds is 13. The van der Waals surface area contributed by atoms with Crippen LogP contribution in [0, 0.1) is 0 Å². The molecule has 8 rings (SSSR count). The zero-order chi connectivity index (χ0) is 47.1. The van der Waals surface area contributed by atoms with E-state index in [1.807, 2.05) is 38.1 Å². The molecule has 6 N–H and O–H groups in total. The number of sulfonamides is 1. The van der Waals surface area contributed by atoms with Gasteiger partial charge < -0.3 is 35.5 Å². The van der Waals surface area contributed by atoms with Crippen molar-refractivity contribution < 1.29 is 47.3 Å². The second-order valence-electron chi connectivity index (χ2n) is 17.6. The summed E-state index contributed by atoms with van der Waals surface area (Å²) in [5.74, 6) is -3.78. The van der Waals surface area contributed by atoms with Gasteiger partial charge in [0.15, 0.2) is 12.3 Å². The SMILES string of the molecule is Cn1c(=O)n(C2CCC(=O)NC2=O)c2ccc(C3CCN(C(=O)Nc4cccc(CS(=O)(=O)N5CCC(Nc6cccc(-c7nc(OCC(=O)O)c(C(=O)O)[nH]7)c6)CC5(C)C)c4)CC3)cc21. The summed E-state index contributed by atoms with van der Waals surface area (Å²) in [6, 6.07) is 18.5. The Morgan fingerprint density at radius 3 is 2.36 bits per heavy atom. The number of urea groups is 1. The molecule has 3 aliphatic rings. The van der Waals surface area contributed by atoms with Crippen molar-refractivity contribution in [1.29, 1.82) is 0 Å². The van der Waals surface area contributed by atoms with Crippen molar-refractivity contribution in [3.05, 3.63) is 94.0 Å². The molecular weight excluding hydrogens is 875 g/mol. The molecule has 0 bridgehead atoms. The number of carboxylic acids is 2. The molecule has 2 unspecified atom stereocenters. The van der Waals surface area contributed by atoms with Gasteiger partial charge in [0.2, 0.25) is 27.7 Å². The predicted octanol–water partition coefficient (Wildman–Crippen LogP) is 4.47. The van der Waals surface area contributed by atoms with E-state index in [2.05, 4.69) is 25.9 Å². The Balaban J connectivity index is 0.852. The van der Waals surface area contributed by atoms with E-state index in [4.69, 9.17) is 9.84 Å². The maximum Gasteiger partial charge on any atom is 0.358 e. The van der Waals surface area contributed by atoms with Crippen molar-refractivity contribution in [1.82, 2.24) is 33.6 Å². The van der Waals surface area contributed by atoms with Crippen LogP contribution in [-0.4, -0.2) is 115 Å². The number of aromatic carboxylic acids is 1. The third-order valence-corrected chi connectivity index (χ3v) is 14.6. The van der Waals surface area contributed by atoms with Gasteiger partial charge in [0.25, 0.3) is 0 Å². The summed E-state index contributed by atoms with van der Waals surface area (Å²) in [7, 11) is -2.14. The number of ether oxygens (including phenoxy) is 1. The van der Waals surface area contributed by atoms with Crippen molar-refractivity contribution in [2.75, 3.05) is 36.9 Å². The number of imidazole rings is 2. The fraction of sp³-hybridized carbons (Fsp3) is 0.400. The number of carbonyl (C=O) groups excluding carboxylic acids is 3. The van der Waals surface area contributed by atoms with Crippen molar-refractivity contribution >= 4 is 62.2 Å². The third kappa shape index (κ3) is 9.52. The molecule has 21 heteroatoms. The Bertz CT molecular complexity index is 2910. The molecule has 3 saturated heterocycles. The van der Waals surface area contributed by atoms with Crippen LogP contribution in [0.4, 0.5) is 16.2 Å². The van der Waals surface area contributed by atoms with Crippen LogP contribution in [0.15, 0.2) is 71.5 Å². The van der Waals surface area contributed by atoms with E-state index >= 15 is 0 Å². The van der Waals surface area contributed by atoms with E-state index in [1.165, 1.54) is 13.4 Å². The zero-order valence-electron chi connectivity index (χ0n) is 36.6. The van der Waals surface area contributed by atoms with Crippen LogP contribution in [-0.2, 0) is 37.2 Å². The first-order chi connectivity index (χ1) is 31.4. The first-order valence-electron chi connectivity index (χ1n) is 21.6. The second-order valence-corrected chi connectivity index (χ2v) is 19.5. The van der Waals surface area contributed by atoms with Gasteiger partial charge in [-0.3, -0.25) is 24.0 Å². The maximum atomic E-state index is 14.0. The standard InChI is InChI=1S/C45H51N9O11S/c1-45(2)23-32(46-31-9-5-7-29(21-31)39-49-38(42(59)60)41(50-39)65-24-37(56)57)16-19-53(45)66(63,64)25-26-6-4-8-30(20-26)47-43(61)52-17-14-27(15-18-52)28-10-11-33-35(22-28)51(3)44(62)54(33)34-12-13-36(55)48-40(34)58/h4-11,20-22,27,32,34,46H,12-19,23-25H2,1-3H3,(H,47,61)(H,49,50)(H,56,57)(H,59,60)(H,48,55,58). The molecule has 0 saturated carbocycles. The molecule has 3 fully saturated rings. The van der Waals surface area contributed by atoms with Crippen molar-refractivity contribution in [3.63, 3.8) is 0 Å². The van der Waals surface area contributed by atoms with Crippen molar-refractivity contribution in [2.45, 2.75) is 81.7 Å². The first-order valence-corrected chi connectivity index (χ1v) is 23.2. The van der Waals surface area contributed by atoms with Crippen LogP contribution < -0.4 is 26.4 Å². The summed E-state index contributed by atoms with van der Waals surface area (Å²) >= 11 is 0. The smallest absolute Gasteiger partial charge is 0.358 e. The molecule has 3 aliphatic heterocycles. The number of carbonyl (C=O) groups is 5. The summed E-state index contributed by atoms with van der Waals surface area (Å²) in [5.41, 5.74) is 3.07. The van der Waals surface area contributed by atoms with Crippen molar-refractivity contribution in [3.8, 4) is 17.3 Å². The molecule has 3 aromatic carbocycles. The number of aryl methyl sites for hydroxylation is 1. The molecule has 0 spiro atoms. The molecule has 348 valence electrons. The molecule has 0 radical (unpaired) electrons. The van der Waals surface area contributed by atoms with Gasteiger partial charge in [-0.1, -0.05) is 30.3 Å². The molecule has 66 heavy (non-hydrogen) atoms. The monoisotopic (exact) mass is 925 g/mol. The van der Waals surface area contributed by atoms with Crippen molar-refractivity contribution in [2.24, 2.45) is 7.05 Å². The fourth-order valence-corrected chi connectivity index (χ4v) is 11.4. The summed E-state index contributed by atoms with van der Waals surface area (Å²) in [5, 5.41) is 27.3. The molecule has 5 aromatic rings. The maximum absolute atomic E-state index is 14.0. The van der Waals surface area contributed by atoms with E-state index in [-0.39, 0.29) is 72.1 Å². The summed E-state index contributed by atoms with van der Waals surface area (Å²) in [6.45, 7) is 4.22. The van der Waals surface area contributed by atoms with Crippen LogP contribution in [0.1, 0.15) is 85.9 Å². The normalized spacial score (nSPS) is 19.3. The highest BCUT2D eigenvalue weighted by molar-refractivity contribution is 7.88. The zero-order valence-corrected chi connectivity index (χ0v) is 37.4. The predicted molar refractivity (Wildman–Crippen MR) is 242 cm³/mol. The Kier molecular flexibility index (Phi) is 12.5. The number of hydrogen-bond donors (Lipinski definition) is 6. The lowest BCUT2D eigenvalue weighted by Crippen LogP contribution is -2.55. The topological polar surface area (TPSA) is 267 Å². The van der Waals surface area contributed by atoms with Crippen LogP contribution >= 0.6 is 0 Å². The van der Waals surface area contributed by atoms with E-state index in [0.717, 1.165) is 5.56 Å². The number of hydrogen-bond acceptors (Lipinski definition) is 11. The summed E-state index contributed by atoms with van der Waals surface area (Å²) in [4.78, 5) is 82.4. The Morgan fingerprint density at radius 2 is 1.65 bits per heavy atom.